The fraction of sp³-hybridized carbons (Fsp3) is 0.571. The smallest absolute Gasteiger partial charge is 0.144 e. The van der Waals surface area contributed by atoms with Gasteiger partial charge >= 0.3 is 0 Å². The molecule has 0 atom stereocenters. The van der Waals surface area contributed by atoms with Gasteiger partial charge in [0, 0.05) is 19.8 Å². The third-order valence-electron chi connectivity index (χ3n) is 2.41. The predicted molar refractivity (Wildman–Crippen MR) is 76.2 cm³/mol. The molecule has 102 valence electrons. The molecule has 18 heavy (non-hydrogen) atoms. The van der Waals surface area contributed by atoms with Crippen LogP contribution in [-0.4, -0.2) is 25.9 Å². The Bertz CT molecular complexity index is 354. The molecule has 0 aliphatic rings. The number of hydrogen-bond acceptors (Lipinski definition) is 4. The van der Waals surface area contributed by atoms with Crippen molar-refractivity contribution in [2.24, 2.45) is 0 Å². The highest BCUT2D eigenvalue weighted by atomic mass is 16.5. The lowest BCUT2D eigenvalue weighted by molar-refractivity contribution is 0.147. The second-order valence-corrected chi connectivity index (χ2v) is 4.36. The number of benzene rings is 1. The Kier molecular flexibility index (Phi) is 6.36. The van der Waals surface area contributed by atoms with Crippen LogP contribution in [0, 0.1) is 0 Å². The zero-order valence-corrected chi connectivity index (χ0v) is 11.5. The zero-order valence-electron chi connectivity index (χ0n) is 11.5. The number of hydrogen-bond donors (Lipinski definition) is 2. The van der Waals surface area contributed by atoms with Gasteiger partial charge in [-0.25, -0.2) is 0 Å². The highest BCUT2D eigenvalue weighted by molar-refractivity contribution is 5.72. The van der Waals surface area contributed by atoms with E-state index in [1.807, 2.05) is 39.0 Å². The zero-order chi connectivity index (χ0) is 13.4. The summed E-state index contributed by atoms with van der Waals surface area (Å²) in [6, 6.07) is 5.79. The molecule has 4 heteroatoms. The minimum atomic E-state index is 0.125. The summed E-state index contributed by atoms with van der Waals surface area (Å²) in [5.41, 5.74) is 7.64. The third-order valence-corrected chi connectivity index (χ3v) is 2.41. The van der Waals surface area contributed by atoms with E-state index in [-0.39, 0.29) is 6.10 Å². The van der Waals surface area contributed by atoms with Crippen LogP contribution < -0.4 is 15.8 Å². The van der Waals surface area contributed by atoms with Crippen molar-refractivity contribution in [2.45, 2.75) is 33.3 Å². The Morgan fingerprint density at radius 3 is 2.78 bits per heavy atom. The lowest BCUT2D eigenvalue weighted by Gasteiger charge is -2.15. The maximum absolute atomic E-state index is 6.05. The van der Waals surface area contributed by atoms with Gasteiger partial charge in [0.25, 0.3) is 0 Å². The maximum atomic E-state index is 6.05. The molecular weight excluding hydrogens is 228 g/mol. The molecule has 0 spiro atoms. The number of rotatable bonds is 8. The first-order valence-corrected chi connectivity index (χ1v) is 6.52. The van der Waals surface area contributed by atoms with Gasteiger partial charge in [0.15, 0.2) is 0 Å². The Morgan fingerprint density at radius 1 is 1.33 bits per heavy atom. The van der Waals surface area contributed by atoms with Gasteiger partial charge in [0.1, 0.15) is 5.75 Å². The molecule has 1 rings (SSSR count). The van der Waals surface area contributed by atoms with Crippen molar-refractivity contribution in [3.63, 3.8) is 0 Å². The number of para-hydroxylation sites is 1. The average molecular weight is 252 g/mol. The summed E-state index contributed by atoms with van der Waals surface area (Å²) < 4.78 is 10.9. The first-order valence-electron chi connectivity index (χ1n) is 6.52. The normalized spacial score (nSPS) is 10.7. The number of nitrogens with two attached hydrogens (primary N) is 1. The van der Waals surface area contributed by atoms with Gasteiger partial charge in [-0.15, -0.1) is 0 Å². The van der Waals surface area contributed by atoms with Crippen LogP contribution in [-0.2, 0) is 4.74 Å². The van der Waals surface area contributed by atoms with E-state index in [1.165, 1.54) is 0 Å². The molecule has 0 heterocycles. The van der Waals surface area contributed by atoms with E-state index >= 15 is 0 Å². The molecule has 0 aliphatic carbocycles. The lowest BCUT2D eigenvalue weighted by Crippen LogP contribution is -2.10. The van der Waals surface area contributed by atoms with E-state index in [0.29, 0.717) is 5.69 Å². The standard InChI is InChI=1S/C14H24N2O2/c1-4-17-10-6-9-16-12-7-5-8-13(14(12)15)18-11(2)3/h5,7-8,11,16H,4,6,9-10,15H2,1-3H3. The summed E-state index contributed by atoms with van der Waals surface area (Å²) in [5.74, 6) is 0.736. The quantitative estimate of drug-likeness (QED) is 0.552. The Balaban J connectivity index is 2.50. The molecule has 0 saturated carbocycles. The largest absolute Gasteiger partial charge is 0.489 e. The van der Waals surface area contributed by atoms with Crippen LogP contribution in [0.15, 0.2) is 18.2 Å². The van der Waals surface area contributed by atoms with Crippen molar-refractivity contribution in [1.29, 1.82) is 0 Å². The van der Waals surface area contributed by atoms with Crippen molar-refractivity contribution >= 4 is 11.4 Å². The summed E-state index contributed by atoms with van der Waals surface area (Å²) in [7, 11) is 0. The van der Waals surface area contributed by atoms with E-state index in [4.69, 9.17) is 15.2 Å². The van der Waals surface area contributed by atoms with Gasteiger partial charge in [0.05, 0.1) is 17.5 Å². The highest BCUT2D eigenvalue weighted by Crippen LogP contribution is 2.29. The Hall–Kier alpha value is -1.42. The van der Waals surface area contributed by atoms with E-state index in [9.17, 15) is 0 Å². The molecule has 0 amide bonds. The van der Waals surface area contributed by atoms with E-state index in [2.05, 4.69) is 5.32 Å². The van der Waals surface area contributed by atoms with Gasteiger partial charge in [-0.1, -0.05) is 6.07 Å². The molecule has 0 fully saturated rings. The first kappa shape index (κ1) is 14.6. The molecule has 4 nitrogen and oxygen atoms in total. The van der Waals surface area contributed by atoms with Gasteiger partial charge in [-0.05, 0) is 39.3 Å². The minimum Gasteiger partial charge on any atom is -0.489 e. The van der Waals surface area contributed by atoms with Crippen LogP contribution in [0.1, 0.15) is 27.2 Å². The second-order valence-electron chi connectivity index (χ2n) is 4.36. The third kappa shape index (κ3) is 4.84. The SMILES string of the molecule is CCOCCCNc1cccc(OC(C)C)c1N. The summed E-state index contributed by atoms with van der Waals surface area (Å²) in [6.45, 7) is 8.35. The van der Waals surface area contributed by atoms with Crippen LogP contribution in [0.3, 0.4) is 0 Å². The topological polar surface area (TPSA) is 56.5 Å². The molecule has 0 saturated heterocycles. The lowest BCUT2D eigenvalue weighted by atomic mass is 10.2. The van der Waals surface area contributed by atoms with Crippen molar-refractivity contribution < 1.29 is 9.47 Å². The summed E-state index contributed by atoms with van der Waals surface area (Å²) >= 11 is 0. The molecule has 0 aromatic heterocycles. The summed E-state index contributed by atoms with van der Waals surface area (Å²) in [4.78, 5) is 0. The minimum absolute atomic E-state index is 0.125. The molecule has 3 N–H and O–H groups in total. The molecule has 1 aromatic carbocycles. The van der Waals surface area contributed by atoms with Crippen LogP contribution in [0.5, 0.6) is 5.75 Å². The van der Waals surface area contributed by atoms with Gasteiger partial charge < -0.3 is 20.5 Å². The number of ether oxygens (including phenoxy) is 2. The number of anilines is 2. The van der Waals surface area contributed by atoms with Crippen molar-refractivity contribution in [3.05, 3.63) is 18.2 Å². The molecule has 0 unspecified atom stereocenters. The molecule has 1 aromatic rings. The fourth-order valence-corrected chi connectivity index (χ4v) is 1.60. The molecule has 0 aliphatic heterocycles. The van der Waals surface area contributed by atoms with Gasteiger partial charge in [-0.2, -0.15) is 0 Å². The van der Waals surface area contributed by atoms with Gasteiger partial charge in [-0.3, -0.25) is 0 Å². The molecular formula is C14H24N2O2. The first-order chi connectivity index (χ1) is 8.65. The monoisotopic (exact) mass is 252 g/mol. The van der Waals surface area contributed by atoms with Crippen LogP contribution in [0.4, 0.5) is 11.4 Å². The van der Waals surface area contributed by atoms with E-state index in [0.717, 1.165) is 37.6 Å². The Labute approximate surface area is 109 Å². The average Bonchev–Trinajstić information content (AvgIpc) is 2.33. The van der Waals surface area contributed by atoms with Crippen molar-refractivity contribution in [1.82, 2.24) is 0 Å². The Morgan fingerprint density at radius 2 is 2.11 bits per heavy atom. The maximum Gasteiger partial charge on any atom is 0.144 e. The number of nitrogen functional groups attached to an aromatic ring is 1. The van der Waals surface area contributed by atoms with Gasteiger partial charge in [0.2, 0.25) is 0 Å². The summed E-state index contributed by atoms with van der Waals surface area (Å²) in [5, 5.41) is 3.30. The number of nitrogens with one attached hydrogen (secondary N) is 1. The van der Waals surface area contributed by atoms with Crippen LogP contribution in [0.25, 0.3) is 0 Å². The van der Waals surface area contributed by atoms with E-state index < -0.39 is 0 Å². The molecule has 0 radical (unpaired) electrons. The van der Waals surface area contributed by atoms with Crippen molar-refractivity contribution in [3.8, 4) is 5.75 Å². The van der Waals surface area contributed by atoms with Crippen LogP contribution >= 0.6 is 0 Å². The van der Waals surface area contributed by atoms with E-state index in [1.54, 1.807) is 0 Å². The molecule has 0 bridgehead atoms. The second kappa shape index (κ2) is 7.82. The summed E-state index contributed by atoms with van der Waals surface area (Å²) in [6.07, 6.45) is 1.09. The van der Waals surface area contributed by atoms with Crippen LogP contribution in [0.2, 0.25) is 0 Å². The van der Waals surface area contributed by atoms with Crippen molar-refractivity contribution in [2.75, 3.05) is 30.8 Å². The highest BCUT2D eigenvalue weighted by Gasteiger charge is 2.06. The predicted octanol–water partition coefficient (Wildman–Crippen LogP) is 2.89. The fourth-order valence-electron chi connectivity index (χ4n) is 1.60.